The van der Waals surface area contributed by atoms with Crippen molar-refractivity contribution in [3.05, 3.63) is 24.8 Å². The summed E-state index contributed by atoms with van der Waals surface area (Å²) < 4.78 is 9.85. The van der Waals surface area contributed by atoms with E-state index in [0.29, 0.717) is 78.0 Å². The molecule has 0 aliphatic carbocycles. The van der Waals surface area contributed by atoms with Crippen LogP contribution in [-0.2, 0) is 28.7 Å². The largest absolute Gasteiger partial charge is 0.481 e. The Bertz CT molecular complexity index is 2140. The van der Waals surface area contributed by atoms with Crippen molar-refractivity contribution in [3.8, 4) is 0 Å². The Labute approximate surface area is 770 Å². The number of methoxy groups -OCH3 is 1. The molecule has 0 spiro atoms. The molecule has 1 amide bonds. The van der Waals surface area contributed by atoms with E-state index in [1.807, 2.05) is 131 Å². The number of carbonyl (C=O) groups is 4. The van der Waals surface area contributed by atoms with Gasteiger partial charge in [0.15, 0.2) is 0 Å². The highest BCUT2D eigenvalue weighted by Crippen LogP contribution is 2.40. The van der Waals surface area contributed by atoms with Crippen molar-refractivity contribution in [3.63, 3.8) is 0 Å². The molecule has 6 N–H and O–H groups in total. The predicted octanol–water partition coefficient (Wildman–Crippen LogP) is 35.9. The van der Waals surface area contributed by atoms with Crippen LogP contribution in [0.4, 0.5) is 0 Å². The summed E-state index contributed by atoms with van der Waals surface area (Å²) in [6.45, 7) is 150. The Morgan fingerprint density at radius 1 is 0.455 bits per heavy atom. The van der Waals surface area contributed by atoms with E-state index in [1.165, 1.54) is 45.4 Å². The molecule has 0 aliphatic rings. The molecule has 0 heterocycles. The normalized spacial score (nSPS) is 12.3. The number of allylic oxidation sites excluding steroid dienone is 3. The van der Waals surface area contributed by atoms with Gasteiger partial charge in [-0.15, -0.1) is 6.58 Å². The lowest BCUT2D eigenvalue weighted by molar-refractivity contribution is -0.153. The summed E-state index contributed by atoms with van der Waals surface area (Å²) in [5.41, 5.74) is 9.73. The second-order valence-electron chi connectivity index (χ2n) is 53.1. The van der Waals surface area contributed by atoms with Crippen LogP contribution in [0.2, 0.25) is 0 Å². The van der Waals surface area contributed by atoms with Crippen molar-refractivity contribution in [2.45, 2.75) is 558 Å². The minimum Gasteiger partial charge on any atom is -0.481 e. The molecule has 0 bridgehead atoms. The van der Waals surface area contributed by atoms with Gasteiger partial charge in [0.05, 0.1) is 28.6 Å². The zero-order valence-corrected chi connectivity index (χ0v) is 97.8. The Balaban J connectivity index is -0.0000000583. The summed E-state index contributed by atoms with van der Waals surface area (Å²) in [5.74, 6) is 0.888. The Hall–Kier alpha value is -2.60. The number of nitrogens with two attached hydrogens (primary N) is 1. The monoisotopic (exact) mass is 1740 g/mol. The standard InChI is InChI=1S/C9H20.C8H16O2.2C8H18.C7H15NO.2C7H16.2C7H14.2C6H14.C5H10O2.2C5H12O.C5H12.C4H11N.C4H10O.C2H4O/c1-7-9(5,6)8(2,3)4;1-5-6-10-7(9)8(2,3)4;1-7(2,3)8(4,5)6;1-6-7(2)8(3,4)5;1-5-6(9)8-7(2,3)4;1-6(2)7(3,4)5;3*1-5-6-7(2,3)4;2*1-5-6(2,3)4;1-5(2,3)4(6)7;1-5(2,3)6-4;1-5(2,3)4-6;1-5(2,3)4;2*1-4(2,3)5;1-2-3/h7H2,1-6H3;5-6H2,1-4H3;1-6H3;7H,6H2,1-5H3;5H2,1-4H3,(H,8,9);6H,1-5H3;5-6H2,1-4H3;5-6H,1-4H3;5H,1,6H2,2-4H3;2*5H2,1-4H3;1-3H3,(H,6,7);1-4H3;6H,4H2,1-3H3;1-4H3;5H2,1-3H3;5H,1-3H3;2H,1H3/b;;;;;;;6-5+;;;;;;;;;;. The molecule has 121 heavy (non-hydrogen) atoms. The third-order valence-corrected chi connectivity index (χ3v) is 17.1. The fraction of sp³-hybridized carbons (Fsp3) is 0.927. The van der Waals surface area contributed by atoms with E-state index in [4.69, 9.17) is 35.3 Å². The molecule has 0 aromatic carbocycles. The number of hydrogen-bond donors (Lipinski definition) is 5. The third-order valence-electron chi connectivity index (χ3n) is 17.1. The van der Waals surface area contributed by atoms with Crippen LogP contribution in [0.1, 0.15) is 536 Å². The van der Waals surface area contributed by atoms with E-state index in [2.05, 4.69) is 329 Å². The minimum absolute atomic E-state index is 0. The number of carbonyl (C=O) groups excluding carboxylic acids is 3. The average Bonchev–Trinajstić information content (AvgIpc) is 0.857. The molecule has 1 atom stereocenters. The van der Waals surface area contributed by atoms with Crippen LogP contribution in [0.25, 0.3) is 0 Å². The number of esters is 1. The molecule has 0 rings (SSSR count). The van der Waals surface area contributed by atoms with Crippen molar-refractivity contribution < 1.29 is 44.0 Å². The first-order valence-electron chi connectivity index (χ1n) is 46.7. The van der Waals surface area contributed by atoms with Gasteiger partial charge in [-0.05, 0) is 240 Å². The maximum absolute atomic E-state index is 11.0. The van der Waals surface area contributed by atoms with Crippen LogP contribution in [-0.4, -0.2) is 82.1 Å². The topological polar surface area (TPSA) is 185 Å². The molecule has 0 saturated heterocycles. The summed E-state index contributed by atoms with van der Waals surface area (Å²) in [6, 6.07) is 0. The van der Waals surface area contributed by atoms with E-state index >= 15 is 0 Å². The third kappa shape index (κ3) is 248. The van der Waals surface area contributed by atoms with Crippen molar-refractivity contribution in [2.24, 2.45) is 98.8 Å². The van der Waals surface area contributed by atoms with Gasteiger partial charge < -0.3 is 40.6 Å². The first-order chi connectivity index (χ1) is 51.7. The Morgan fingerprint density at radius 3 is 0.736 bits per heavy atom. The molecule has 0 fully saturated rings. The zero-order valence-electron chi connectivity index (χ0n) is 97.8. The van der Waals surface area contributed by atoms with Crippen LogP contribution >= 0.6 is 0 Å². The maximum Gasteiger partial charge on any atom is 0.311 e. The molecule has 0 saturated carbocycles. The van der Waals surface area contributed by atoms with Gasteiger partial charge in [0.25, 0.3) is 0 Å². The minimum atomic E-state index is -0.757. The zero-order chi connectivity index (χ0) is 104. The van der Waals surface area contributed by atoms with Gasteiger partial charge in [0, 0.05) is 31.2 Å². The molecule has 0 radical (unpaired) electrons. The number of aliphatic carboxylic acids is 1. The SMILES string of the molecule is C/C=C/C(C)(C)C.C=CCC(C)(C)C.CC(C)(C)C.CC(C)(C)C(=O)O.CC(C)(C)C(C)(C)C.CC(C)(C)CO.CC(C)(C)N.CC(C)(C)O.CC(C)C(C)(C)C.CC=O.CCC(=O)NC(C)(C)C.CCC(C)(C)C.CCC(C)(C)C.CCC(C)(C)C(C)(C)C.CCC(C)C(C)(C)C.CCCC(C)(C)C.CCCOC(=O)C(C)(C)C.COC(C)(C)C. The van der Waals surface area contributed by atoms with Crippen molar-refractivity contribution in [1.82, 2.24) is 5.32 Å². The molecule has 11 nitrogen and oxygen atoms in total. The van der Waals surface area contributed by atoms with Gasteiger partial charge in [-0.2, -0.15) is 0 Å². The number of nitrogens with one attached hydrogen (secondary N) is 1. The number of aliphatic hydroxyl groups is 2. The highest BCUT2D eigenvalue weighted by Gasteiger charge is 2.31. The van der Waals surface area contributed by atoms with Gasteiger partial charge in [-0.1, -0.05) is 390 Å². The quantitative estimate of drug-likeness (QED) is 0.0933. The van der Waals surface area contributed by atoms with E-state index in [-0.39, 0.29) is 46.0 Å². The lowest BCUT2D eigenvalue weighted by atomic mass is 9.68. The van der Waals surface area contributed by atoms with Crippen LogP contribution in [0.15, 0.2) is 24.8 Å². The summed E-state index contributed by atoms with van der Waals surface area (Å²) in [6.07, 6.45) is 17.3. The summed E-state index contributed by atoms with van der Waals surface area (Å²) >= 11 is 0. The van der Waals surface area contributed by atoms with Gasteiger partial charge in [0.1, 0.15) is 6.29 Å². The van der Waals surface area contributed by atoms with Crippen LogP contribution < -0.4 is 11.1 Å². The van der Waals surface area contributed by atoms with Crippen LogP contribution in [0.3, 0.4) is 0 Å². The number of carboxylic acids is 1. The molecule has 11 heteroatoms. The molecule has 0 aromatic heterocycles. The molecule has 1 unspecified atom stereocenters. The van der Waals surface area contributed by atoms with E-state index in [9.17, 15) is 14.4 Å². The Kier molecular flexibility index (Phi) is 102. The highest BCUT2D eigenvalue weighted by atomic mass is 16.5. The van der Waals surface area contributed by atoms with Gasteiger partial charge in [-0.25, -0.2) is 0 Å². The molecular weight excluding hydrogens is 1490 g/mol. The second-order valence-corrected chi connectivity index (χ2v) is 53.1. The number of ether oxygens (including phenoxy) is 2. The van der Waals surface area contributed by atoms with Crippen molar-refractivity contribution >= 4 is 24.1 Å². The van der Waals surface area contributed by atoms with E-state index in [1.54, 1.807) is 48.7 Å². The van der Waals surface area contributed by atoms with E-state index in [0.717, 1.165) is 31.0 Å². The van der Waals surface area contributed by atoms with E-state index < -0.39 is 17.0 Å². The Morgan fingerprint density at radius 2 is 0.702 bits per heavy atom. The molecular formula is C110H246N2O9. The number of amides is 1. The number of aliphatic hydroxyl groups excluding tert-OH is 1. The number of rotatable bonds is 7. The molecule has 0 aliphatic heterocycles. The van der Waals surface area contributed by atoms with Crippen molar-refractivity contribution in [2.75, 3.05) is 20.3 Å². The van der Waals surface area contributed by atoms with Crippen LogP contribution in [0.5, 0.6) is 0 Å². The number of carboxylic acid groups (broad SMARTS) is 1. The maximum atomic E-state index is 11.0. The summed E-state index contributed by atoms with van der Waals surface area (Å²) in [7, 11) is 1.71. The van der Waals surface area contributed by atoms with Gasteiger partial charge >= 0.3 is 11.9 Å². The lowest BCUT2D eigenvalue weighted by Gasteiger charge is -2.37. The molecule has 0 aromatic rings. The highest BCUT2D eigenvalue weighted by molar-refractivity contribution is 5.76. The first-order valence-corrected chi connectivity index (χ1v) is 46.7. The van der Waals surface area contributed by atoms with Crippen LogP contribution in [0, 0.1) is 93.1 Å². The fourth-order valence-electron chi connectivity index (χ4n) is 3.74. The number of hydrogen-bond acceptors (Lipinski definition) is 9. The average molecular weight is 1740 g/mol. The predicted molar refractivity (Wildman–Crippen MR) is 560 cm³/mol. The van der Waals surface area contributed by atoms with Gasteiger partial charge in [0.2, 0.25) is 5.91 Å². The summed E-state index contributed by atoms with van der Waals surface area (Å²) in [5, 5.41) is 28.0. The van der Waals surface area contributed by atoms with Crippen molar-refractivity contribution in [1.29, 1.82) is 0 Å². The second kappa shape index (κ2) is 76.3. The fourth-order valence-corrected chi connectivity index (χ4v) is 3.74. The molecule has 750 valence electrons. The smallest absolute Gasteiger partial charge is 0.311 e. The number of aldehydes is 1. The first kappa shape index (κ1) is 162. The van der Waals surface area contributed by atoms with Gasteiger partial charge in [-0.3, -0.25) is 14.4 Å². The summed E-state index contributed by atoms with van der Waals surface area (Å²) in [4.78, 5) is 40.5. The lowest BCUT2D eigenvalue weighted by Crippen LogP contribution is -2.40.